The van der Waals surface area contributed by atoms with Gasteiger partial charge in [0, 0.05) is 18.3 Å². The normalized spacial score (nSPS) is 16.1. The summed E-state index contributed by atoms with van der Waals surface area (Å²) in [6.45, 7) is 0. The first-order valence-corrected chi connectivity index (χ1v) is 8.64. The Morgan fingerprint density at radius 3 is 2.77 bits per heavy atom. The van der Waals surface area contributed by atoms with Crippen LogP contribution in [-0.4, -0.2) is 16.6 Å². The van der Waals surface area contributed by atoms with Crippen LogP contribution in [0.4, 0.5) is 14.9 Å². The van der Waals surface area contributed by atoms with Crippen LogP contribution in [0.15, 0.2) is 18.2 Å². The second kappa shape index (κ2) is 7.17. The number of hydrogen-bond acceptors (Lipinski definition) is 3. The standard InChI is InChI=1S/C17H16Cl2FN3O3/c1-23-14(16(24)22-8-5-6-11(20)10(18)7-8)9-3-2-4-12(26-17(21)25)13(9)15(23)19/h5-7,12H,2-4H2,1H3,(H2,21,25)(H,22,24). The Labute approximate surface area is 159 Å². The molecule has 0 spiro atoms. The molecule has 1 aromatic heterocycles. The molecule has 1 heterocycles. The summed E-state index contributed by atoms with van der Waals surface area (Å²) in [5.41, 5.74) is 7.14. The molecule has 9 heteroatoms. The third-order valence-corrected chi connectivity index (χ3v) is 5.08. The predicted octanol–water partition coefficient (Wildman–Crippen LogP) is 4.20. The molecule has 0 bridgehead atoms. The minimum absolute atomic E-state index is 0.0929. The first-order valence-electron chi connectivity index (χ1n) is 7.89. The summed E-state index contributed by atoms with van der Waals surface area (Å²) in [6, 6.07) is 3.90. The van der Waals surface area contributed by atoms with Gasteiger partial charge in [-0.1, -0.05) is 23.2 Å². The monoisotopic (exact) mass is 399 g/mol. The molecule has 0 saturated carbocycles. The van der Waals surface area contributed by atoms with Crippen LogP contribution in [0.3, 0.4) is 0 Å². The van der Waals surface area contributed by atoms with Crippen molar-refractivity contribution in [2.75, 3.05) is 5.32 Å². The predicted molar refractivity (Wildman–Crippen MR) is 96.1 cm³/mol. The van der Waals surface area contributed by atoms with Gasteiger partial charge < -0.3 is 20.4 Å². The highest BCUT2D eigenvalue weighted by Gasteiger charge is 2.33. The van der Waals surface area contributed by atoms with Gasteiger partial charge in [-0.2, -0.15) is 0 Å². The van der Waals surface area contributed by atoms with Crippen molar-refractivity contribution in [2.24, 2.45) is 12.8 Å². The molecule has 0 saturated heterocycles. The summed E-state index contributed by atoms with van der Waals surface area (Å²) in [4.78, 5) is 23.9. The highest BCUT2D eigenvalue weighted by molar-refractivity contribution is 6.31. The van der Waals surface area contributed by atoms with Crippen molar-refractivity contribution in [1.29, 1.82) is 0 Å². The van der Waals surface area contributed by atoms with Gasteiger partial charge in [0.05, 0.1) is 5.02 Å². The van der Waals surface area contributed by atoms with Crippen LogP contribution in [0, 0.1) is 5.82 Å². The Hall–Kier alpha value is -2.25. The van der Waals surface area contributed by atoms with E-state index in [1.165, 1.54) is 22.8 Å². The van der Waals surface area contributed by atoms with Gasteiger partial charge in [-0.25, -0.2) is 9.18 Å². The Bertz CT molecular complexity index is 898. The number of fused-ring (bicyclic) bond motifs is 1. The summed E-state index contributed by atoms with van der Waals surface area (Å²) in [5, 5.41) is 2.90. The lowest BCUT2D eigenvalue weighted by atomic mass is 9.91. The first-order chi connectivity index (χ1) is 12.3. The molecule has 0 aliphatic heterocycles. The maximum atomic E-state index is 13.3. The van der Waals surface area contributed by atoms with Crippen LogP contribution in [0.2, 0.25) is 10.2 Å². The number of aromatic nitrogens is 1. The molecular formula is C17H16Cl2FN3O3. The van der Waals surface area contributed by atoms with E-state index < -0.39 is 23.9 Å². The number of ether oxygens (including phenoxy) is 1. The summed E-state index contributed by atoms with van der Waals surface area (Å²) in [6.07, 6.45) is 0.426. The molecule has 3 rings (SSSR count). The zero-order valence-electron chi connectivity index (χ0n) is 13.8. The molecule has 1 aromatic carbocycles. The molecule has 1 atom stereocenters. The number of nitrogens with two attached hydrogens (primary N) is 1. The fourth-order valence-corrected chi connectivity index (χ4v) is 3.73. The molecule has 2 aromatic rings. The molecule has 0 radical (unpaired) electrons. The number of halogens is 3. The smallest absolute Gasteiger partial charge is 0.405 e. The average molecular weight is 400 g/mol. The number of hydrogen-bond donors (Lipinski definition) is 2. The number of benzene rings is 1. The topological polar surface area (TPSA) is 86.3 Å². The fourth-order valence-electron chi connectivity index (χ4n) is 3.23. The van der Waals surface area contributed by atoms with Crippen molar-refractivity contribution in [3.63, 3.8) is 0 Å². The Morgan fingerprint density at radius 2 is 2.12 bits per heavy atom. The molecule has 6 nitrogen and oxygen atoms in total. The van der Waals surface area contributed by atoms with Crippen LogP contribution >= 0.6 is 23.2 Å². The second-order valence-corrected chi connectivity index (χ2v) is 6.76. The summed E-state index contributed by atoms with van der Waals surface area (Å²) >= 11 is 12.1. The first kappa shape index (κ1) is 18.5. The van der Waals surface area contributed by atoms with Crippen molar-refractivity contribution in [1.82, 2.24) is 4.57 Å². The molecule has 138 valence electrons. The fraction of sp³-hybridized carbons (Fsp3) is 0.294. The van der Waals surface area contributed by atoms with Gasteiger partial charge in [-0.05, 0) is 43.0 Å². The number of nitrogens with one attached hydrogen (secondary N) is 1. The molecule has 1 aliphatic carbocycles. The van der Waals surface area contributed by atoms with Gasteiger partial charge in [0.15, 0.2) is 0 Å². The minimum Gasteiger partial charge on any atom is -0.441 e. The number of rotatable bonds is 3. The highest BCUT2D eigenvalue weighted by atomic mass is 35.5. The maximum Gasteiger partial charge on any atom is 0.405 e. The van der Waals surface area contributed by atoms with Crippen molar-refractivity contribution in [3.05, 3.63) is 51.0 Å². The Kier molecular flexibility index (Phi) is 5.11. The van der Waals surface area contributed by atoms with Crippen molar-refractivity contribution >= 4 is 40.9 Å². The summed E-state index contributed by atoms with van der Waals surface area (Å²) in [7, 11) is 1.65. The van der Waals surface area contributed by atoms with Crippen molar-refractivity contribution in [2.45, 2.75) is 25.4 Å². The molecule has 1 unspecified atom stereocenters. The average Bonchev–Trinajstić information content (AvgIpc) is 2.83. The zero-order chi connectivity index (χ0) is 19.0. The van der Waals surface area contributed by atoms with Gasteiger partial charge in [-0.15, -0.1) is 0 Å². The van der Waals surface area contributed by atoms with E-state index in [0.717, 1.165) is 0 Å². The quantitative estimate of drug-likeness (QED) is 0.810. The van der Waals surface area contributed by atoms with Gasteiger partial charge >= 0.3 is 6.09 Å². The third kappa shape index (κ3) is 3.37. The minimum atomic E-state index is -0.894. The number of primary amides is 1. The molecule has 0 fully saturated rings. The Balaban J connectivity index is 1.96. The van der Waals surface area contributed by atoms with Crippen LogP contribution < -0.4 is 11.1 Å². The van der Waals surface area contributed by atoms with E-state index in [0.29, 0.717) is 46.9 Å². The molecule has 2 amide bonds. The third-order valence-electron chi connectivity index (χ3n) is 4.33. The van der Waals surface area contributed by atoms with Crippen molar-refractivity contribution < 1.29 is 18.7 Å². The van der Waals surface area contributed by atoms with Crippen LogP contribution in [0.25, 0.3) is 0 Å². The summed E-state index contributed by atoms with van der Waals surface area (Å²) in [5.74, 6) is -0.992. The zero-order valence-corrected chi connectivity index (χ0v) is 15.3. The molecule has 1 aliphatic rings. The van der Waals surface area contributed by atoms with Crippen LogP contribution in [0.1, 0.15) is 40.6 Å². The van der Waals surface area contributed by atoms with Gasteiger partial charge in [0.1, 0.15) is 22.8 Å². The lowest BCUT2D eigenvalue weighted by molar-refractivity contribution is 0.0960. The maximum absolute atomic E-state index is 13.3. The van der Waals surface area contributed by atoms with Gasteiger partial charge in [0.2, 0.25) is 0 Å². The van der Waals surface area contributed by atoms with E-state index in [1.807, 2.05) is 0 Å². The van der Waals surface area contributed by atoms with Gasteiger partial charge in [-0.3, -0.25) is 4.79 Å². The number of carbonyl (C=O) groups excluding carboxylic acids is 2. The van der Waals surface area contributed by atoms with Crippen LogP contribution in [0.5, 0.6) is 0 Å². The van der Waals surface area contributed by atoms with E-state index in [1.54, 1.807) is 7.05 Å². The number of carbonyl (C=O) groups is 2. The molecule has 26 heavy (non-hydrogen) atoms. The van der Waals surface area contributed by atoms with E-state index in [-0.39, 0.29) is 5.02 Å². The van der Waals surface area contributed by atoms with Crippen LogP contribution in [-0.2, 0) is 18.2 Å². The van der Waals surface area contributed by atoms with E-state index in [9.17, 15) is 14.0 Å². The van der Waals surface area contributed by atoms with Crippen molar-refractivity contribution in [3.8, 4) is 0 Å². The number of amides is 2. The van der Waals surface area contributed by atoms with E-state index in [4.69, 9.17) is 33.7 Å². The van der Waals surface area contributed by atoms with Gasteiger partial charge in [0.25, 0.3) is 5.91 Å². The molecular weight excluding hydrogens is 384 g/mol. The molecule has 3 N–H and O–H groups in total. The largest absolute Gasteiger partial charge is 0.441 e. The number of nitrogens with zero attached hydrogens (tertiary/aromatic N) is 1. The number of anilines is 1. The van der Waals surface area contributed by atoms with E-state index in [2.05, 4.69) is 5.32 Å². The van der Waals surface area contributed by atoms with E-state index >= 15 is 0 Å². The summed E-state index contributed by atoms with van der Waals surface area (Å²) < 4.78 is 20.0. The SMILES string of the molecule is Cn1c(Cl)c2c(c1C(=O)Nc1ccc(F)c(Cl)c1)CCCC2OC(N)=O. The second-order valence-electron chi connectivity index (χ2n) is 5.99. The lowest BCUT2D eigenvalue weighted by Gasteiger charge is -2.22. The lowest BCUT2D eigenvalue weighted by Crippen LogP contribution is -2.22. The highest BCUT2D eigenvalue weighted by Crippen LogP contribution is 2.40. The Morgan fingerprint density at radius 1 is 1.38 bits per heavy atom.